The molecule has 1 heterocycles. The fourth-order valence-corrected chi connectivity index (χ4v) is 4.78. The normalized spacial score (nSPS) is 12.9. The van der Waals surface area contributed by atoms with Gasteiger partial charge in [0.15, 0.2) is 0 Å². The molecule has 0 atom stereocenters. The van der Waals surface area contributed by atoms with Crippen molar-refractivity contribution < 1.29 is 10.2 Å². The number of benzene rings is 2. The van der Waals surface area contributed by atoms with Crippen molar-refractivity contribution in [2.45, 2.75) is 32.4 Å². The minimum absolute atomic E-state index is 0.184. The highest BCUT2D eigenvalue weighted by Gasteiger charge is 2.19. The first kappa shape index (κ1) is 14.0. The Kier molecular flexibility index (Phi) is 4.36. The molecule has 2 N–H and O–H groups in total. The maximum Gasteiger partial charge on any atom is 0.0471 e. The Morgan fingerprint density at radius 2 is 1.65 bits per heavy atom. The number of fused-ring (bicyclic) bond motifs is 2. The summed E-state index contributed by atoms with van der Waals surface area (Å²) in [5.41, 5.74) is 2.39. The van der Waals surface area contributed by atoms with Gasteiger partial charge in [0.05, 0.1) is 0 Å². The maximum absolute atomic E-state index is 9.17. The summed E-state index contributed by atoms with van der Waals surface area (Å²) in [6.07, 6.45) is 1.41. The molecule has 20 heavy (non-hydrogen) atoms. The Hall–Kier alpha value is -0.940. The van der Waals surface area contributed by atoms with Crippen molar-refractivity contribution >= 4 is 23.5 Å². The standard InChI is InChI=1S/C16H16O2S2/c17-8-6-11-4-5-13-15(10-11)19-14-3-1-2-12(7-9-18)16(14)20-13/h1-5,10,17-18H,6-9H2. The first-order chi connectivity index (χ1) is 9.81. The Morgan fingerprint density at radius 1 is 0.800 bits per heavy atom. The van der Waals surface area contributed by atoms with Crippen LogP contribution in [0.1, 0.15) is 11.1 Å². The van der Waals surface area contributed by atoms with Gasteiger partial charge in [-0.05, 0) is 42.2 Å². The van der Waals surface area contributed by atoms with Crippen LogP contribution in [0.25, 0.3) is 0 Å². The SMILES string of the molecule is OCCc1ccc2c(c1)Sc1cccc(CCO)c1S2. The third kappa shape index (κ3) is 2.74. The molecular weight excluding hydrogens is 288 g/mol. The second-order valence-electron chi connectivity index (χ2n) is 4.68. The summed E-state index contributed by atoms with van der Waals surface area (Å²) in [5.74, 6) is 0. The first-order valence-corrected chi connectivity index (χ1v) is 8.27. The van der Waals surface area contributed by atoms with Gasteiger partial charge >= 0.3 is 0 Å². The van der Waals surface area contributed by atoms with Gasteiger partial charge in [0.2, 0.25) is 0 Å². The van der Waals surface area contributed by atoms with E-state index in [2.05, 4.69) is 36.4 Å². The molecule has 2 aromatic rings. The molecule has 2 aromatic carbocycles. The lowest BCUT2D eigenvalue weighted by atomic mass is 10.1. The van der Waals surface area contributed by atoms with Crippen LogP contribution in [-0.2, 0) is 12.8 Å². The van der Waals surface area contributed by atoms with E-state index in [4.69, 9.17) is 5.11 Å². The van der Waals surface area contributed by atoms with Gasteiger partial charge in [-0.15, -0.1) is 0 Å². The molecule has 1 aliphatic rings. The van der Waals surface area contributed by atoms with Crippen molar-refractivity contribution in [3.05, 3.63) is 47.5 Å². The largest absolute Gasteiger partial charge is 0.396 e. The molecule has 0 saturated carbocycles. The zero-order valence-electron chi connectivity index (χ0n) is 11.0. The van der Waals surface area contributed by atoms with Crippen LogP contribution in [0.5, 0.6) is 0 Å². The van der Waals surface area contributed by atoms with Crippen molar-refractivity contribution in [1.82, 2.24) is 0 Å². The van der Waals surface area contributed by atoms with Gasteiger partial charge < -0.3 is 10.2 Å². The molecule has 0 unspecified atom stereocenters. The minimum atomic E-state index is 0.184. The second-order valence-corrected chi connectivity index (χ2v) is 6.81. The average Bonchev–Trinajstić information content (AvgIpc) is 2.46. The van der Waals surface area contributed by atoms with Crippen LogP contribution >= 0.6 is 23.5 Å². The molecule has 0 bridgehead atoms. The van der Waals surface area contributed by atoms with Gasteiger partial charge in [-0.1, -0.05) is 41.7 Å². The predicted octanol–water partition coefficient (Wildman–Crippen LogP) is 3.37. The molecular formula is C16H16O2S2. The van der Waals surface area contributed by atoms with Crippen LogP contribution in [-0.4, -0.2) is 23.4 Å². The first-order valence-electron chi connectivity index (χ1n) is 6.64. The number of aliphatic hydroxyl groups excluding tert-OH is 2. The van der Waals surface area contributed by atoms with E-state index < -0.39 is 0 Å². The molecule has 0 fully saturated rings. The van der Waals surface area contributed by atoms with Crippen molar-refractivity contribution in [2.24, 2.45) is 0 Å². The molecule has 0 saturated heterocycles. The maximum atomic E-state index is 9.17. The van der Waals surface area contributed by atoms with Crippen molar-refractivity contribution in [2.75, 3.05) is 13.2 Å². The monoisotopic (exact) mass is 304 g/mol. The molecule has 4 heteroatoms. The summed E-state index contributed by atoms with van der Waals surface area (Å²) in [5, 5.41) is 18.2. The second kappa shape index (κ2) is 6.22. The molecule has 1 aliphatic heterocycles. The quantitative estimate of drug-likeness (QED) is 0.775. The van der Waals surface area contributed by atoms with Gasteiger partial charge in [0.1, 0.15) is 0 Å². The zero-order valence-corrected chi connectivity index (χ0v) is 12.6. The number of hydrogen-bond donors (Lipinski definition) is 2. The van der Waals surface area contributed by atoms with Crippen LogP contribution in [0.2, 0.25) is 0 Å². The fourth-order valence-electron chi connectivity index (χ4n) is 2.30. The topological polar surface area (TPSA) is 40.5 Å². The van der Waals surface area contributed by atoms with Crippen molar-refractivity contribution in [3.63, 3.8) is 0 Å². The predicted molar refractivity (Wildman–Crippen MR) is 82.7 cm³/mol. The lowest BCUT2D eigenvalue weighted by Gasteiger charge is -2.21. The van der Waals surface area contributed by atoms with E-state index in [1.807, 2.05) is 0 Å². The highest BCUT2D eigenvalue weighted by Crippen LogP contribution is 2.49. The molecule has 2 nitrogen and oxygen atoms in total. The zero-order chi connectivity index (χ0) is 13.9. The van der Waals surface area contributed by atoms with Crippen LogP contribution in [0.4, 0.5) is 0 Å². The van der Waals surface area contributed by atoms with E-state index in [-0.39, 0.29) is 13.2 Å². The highest BCUT2D eigenvalue weighted by molar-refractivity contribution is 8.05. The van der Waals surface area contributed by atoms with Crippen LogP contribution in [0.15, 0.2) is 56.0 Å². The lowest BCUT2D eigenvalue weighted by Crippen LogP contribution is -1.99. The smallest absolute Gasteiger partial charge is 0.0471 e. The summed E-state index contributed by atoms with van der Waals surface area (Å²) in [4.78, 5) is 5.05. The average molecular weight is 304 g/mol. The van der Waals surface area contributed by atoms with Gasteiger partial charge in [0, 0.05) is 32.8 Å². The number of aliphatic hydroxyl groups is 2. The van der Waals surface area contributed by atoms with E-state index in [1.54, 1.807) is 23.5 Å². The van der Waals surface area contributed by atoms with Gasteiger partial charge in [0.25, 0.3) is 0 Å². The lowest BCUT2D eigenvalue weighted by molar-refractivity contribution is 0.298. The number of rotatable bonds is 4. The van der Waals surface area contributed by atoms with Gasteiger partial charge in [-0.2, -0.15) is 0 Å². The van der Waals surface area contributed by atoms with Crippen LogP contribution in [0.3, 0.4) is 0 Å². The summed E-state index contributed by atoms with van der Waals surface area (Å²) in [7, 11) is 0. The molecule has 104 valence electrons. The molecule has 0 spiro atoms. The summed E-state index contributed by atoms with van der Waals surface area (Å²) >= 11 is 3.56. The molecule has 0 aromatic heterocycles. The third-order valence-corrected chi connectivity index (χ3v) is 5.92. The van der Waals surface area contributed by atoms with Gasteiger partial charge in [-0.25, -0.2) is 0 Å². The van der Waals surface area contributed by atoms with Crippen LogP contribution < -0.4 is 0 Å². The molecule has 0 radical (unpaired) electrons. The molecule has 0 amide bonds. The highest BCUT2D eigenvalue weighted by atomic mass is 32.2. The van der Waals surface area contributed by atoms with E-state index in [0.717, 1.165) is 0 Å². The van der Waals surface area contributed by atoms with E-state index in [0.29, 0.717) is 12.8 Å². The van der Waals surface area contributed by atoms with Crippen LogP contribution in [0, 0.1) is 0 Å². The molecule has 0 aliphatic carbocycles. The number of hydrogen-bond acceptors (Lipinski definition) is 4. The van der Waals surface area contributed by atoms with E-state index in [1.165, 1.54) is 30.7 Å². The minimum Gasteiger partial charge on any atom is -0.396 e. The third-order valence-electron chi connectivity index (χ3n) is 3.28. The fraction of sp³-hybridized carbons (Fsp3) is 0.250. The van der Waals surface area contributed by atoms with Crippen molar-refractivity contribution in [3.8, 4) is 0 Å². The Morgan fingerprint density at radius 3 is 2.45 bits per heavy atom. The Balaban J connectivity index is 1.95. The Bertz CT molecular complexity index is 626. The summed E-state index contributed by atoms with van der Waals surface area (Å²) in [6, 6.07) is 12.7. The summed E-state index contributed by atoms with van der Waals surface area (Å²) in [6.45, 7) is 0.373. The van der Waals surface area contributed by atoms with Crippen molar-refractivity contribution in [1.29, 1.82) is 0 Å². The van der Waals surface area contributed by atoms with E-state index >= 15 is 0 Å². The summed E-state index contributed by atoms with van der Waals surface area (Å²) < 4.78 is 0. The Labute approximate surface area is 127 Å². The van der Waals surface area contributed by atoms with E-state index in [9.17, 15) is 5.11 Å². The molecule has 3 rings (SSSR count). The van der Waals surface area contributed by atoms with Gasteiger partial charge in [-0.3, -0.25) is 0 Å².